The average Bonchev–Trinajstić information content (AvgIpc) is 2.78. The minimum atomic E-state index is -3.65. The van der Waals surface area contributed by atoms with Gasteiger partial charge in [-0.2, -0.15) is 5.26 Å². The molecule has 0 saturated carbocycles. The highest BCUT2D eigenvalue weighted by Crippen LogP contribution is 2.50. The molecule has 0 radical (unpaired) electrons. The van der Waals surface area contributed by atoms with E-state index >= 15 is 8.78 Å². The van der Waals surface area contributed by atoms with Crippen molar-refractivity contribution in [3.63, 3.8) is 0 Å². The molecule has 1 amide bonds. The first-order valence-corrected chi connectivity index (χ1v) is 9.25. The molecule has 2 heterocycles. The first kappa shape index (κ1) is 22.2. The van der Waals surface area contributed by atoms with Crippen molar-refractivity contribution in [3.8, 4) is 6.07 Å². The Morgan fingerprint density at radius 1 is 1.26 bits per heavy atom. The standard InChI is InChI=1S/C21H20F3N5O2/c1-19(2)21(23,24)20(3,29-17(26)11-31-19)14-8-13(5-6-15(14)22)28-18(30)16-7-4-12(9-25)10-27-16/h4-8,10H,11H2,1-3H3,(H2,26,29)(H,28,30)/t20-/m1/s1. The Labute approximate surface area is 176 Å². The number of rotatable bonds is 3. The third-order valence-corrected chi connectivity index (χ3v) is 5.19. The van der Waals surface area contributed by atoms with E-state index in [9.17, 15) is 9.18 Å². The molecule has 162 valence electrons. The molecule has 3 rings (SSSR count). The normalized spacial score (nSPS) is 22.0. The number of amidine groups is 1. The lowest BCUT2D eigenvalue weighted by atomic mass is 9.78. The minimum Gasteiger partial charge on any atom is -0.385 e. The van der Waals surface area contributed by atoms with Crippen LogP contribution in [0.3, 0.4) is 0 Å². The SMILES string of the molecule is CC1(C)OCC(N)=N[C@](C)(c2cc(NC(=O)c3ccc(C#N)cn3)ccc2F)C1(F)F. The van der Waals surface area contributed by atoms with Crippen molar-refractivity contribution in [2.75, 3.05) is 11.9 Å². The lowest BCUT2D eigenvalue weighted by Crippen LogP contribution is -2.56. The van der Waals surface area contributed by atoms with Gasteiger partial charge < -0.3 is 15.8 Å². The summed E-state index contributed by atoms with van der Waals surface area (Å²) in [7, 11) is 0. The van der Waals surface area contributed by atoms with Crippen molar-refractivity contribution in [1.82, 2.24) is 4.98 Å². The molecule has 1 atom stereocenters. The largest absolute Gasteiger partial charge is 0.385 e. The number of nitrogens with zero attached hydrogens (tertiary/aromatic N) is 3. The molecule has 1 aromatic carbocycles. The fourth-order valence-electron chi connectivity index (χ4n) is 3.32. The van der Waals surface area contributed by atoms with E-state index in [1.54, 1.807) is 0 Å². The predicted molar refractivity (Wildman–Crippen MR) is 107 cm³/mol. The monoisotopic (exact) mass is 431 g/mol. The summed E-state index contributed by atoms with van der Waals surface area (Å²) < 4.78 is 50.9. The molecule has 0 unspecified atom stereocenters. The summed E-state index contributed by atoms with van der Waals surface area (Å²) in [6.45, 7) is 3.10. The highest BCUT2D eigenvalue weighted by atomic mass is 19.3. The van der Waals surface area contributed by atoms with Crippen LogP contribution in [0, 0.1) is 17.1 Å². The van der Waals surface area contributed by atoms with E-state index in [2.05, 4.69) is 15.3 Å². The third kappa shape index (κ3) is 3.84. The van der Waals surface area contributed by atoms with Gasteiger partial charge in [0.15, 0.2) is 5.54 Å². The van der Waals surface area contributed by atoms with Crippen LogP contribution in [0.15, 0.2) is 41.5 Å². The van der Waals surface area contributed by atoms with Crippen LogP contribution in [0.25, 0.3) is 0 Å². The maximum Gasteiger partial charge on any atom is 0.304 e. The highest BCUT2D eigenvalue weighted by Gasteiger charge is 2.63. The number of aromatic nitrogens is 1. The fraction of sp³-hybridized carbons (Fsp3) is 0.333. The topological polar surface area (TPSA) is 113 Å². The van der Waals surface area contributed by atoms with Crippen molar-refractivity contribution >= 4 is 17.4 Å². The molecule has 7 nitrogen and oxygen atoms in total. The van der Waals surface area contributed by atoms with Crippen LogP contribution in [0.1, 0.15) is 42.4 Å². The lowest BCUT2D eigenvalue weighted by molar-refractivity contribution is -0.214. The first-order chi connectivity index (χ1) is 14.4. The number of pyridine rings is 1. The Kier molecular flexibility index (Phi) is 5.50. The molecule has 1 aromatic heterocycles. The van der Waals surface area contributed by atoms with Gasteiger partial charge >= 0.3 is 5.92 Å². The van der Waals surface area contributed by atoms with Crippen LogP contribution >= 0.6 is 0 Å². The van der Waals surface area contributed by atoms with E-state index in [0.29, 0.717) is 0 Å². The molecule has 3 N–H and O–H groups in total. The molecule has 0 spiro atoms. The van der Waals surface area contributed by atoms with Gasteiger partial charge in [0.05, 0.1) is 5.56 Å². The van der Waals surface area contributed by atoms with Crippen molar-refractivity contribution in [2.24, 2.45) is 10.7 Å². The van der Waals surface area contributed by atoms with Crippen LogP contribution < -0.4 is 11.1 Å². The number of benzene rings is 1. The number of nitriles is 1. The van der Waals surface area contributed by atoms with Gasteiger partial charge in [0, 0.05) is 17.4 Å². The smallest absolute Gasteiger partial charge is 0.304 e. The molecule has 2 aromatic rings. The van der Waals surface area contributed by atoms with E-state index in [0.717, 1.165) is 19.1 Å². The van der Waals surface area contributed by atoms with Gasteiger partial charge in [-0.15, -0.1) is 0 Å². The molecule has 31 heavy (non-hydrogen) atoms. The zero-order valence-electron chi connectivity index (χ0n) is 17.0. The van der Waals surface area contributed by atoms with Gasteiger partial charge in [0.1, 0.15) is 35.6 Å². The van der Waals surface area contributed by atoms with Crippen LogP contribution in [0.2, 0.25) is 0 Å². The Balaban J connectivity index is 2.02. The van der Waals surface area contributed by atoms with Crippen molar-refractivity contribution in [2.45, 2.75) is 37.8 Å². The lowest BCUT2D eigenvalue weighted by Gasteiger charge is -2.42. The number of hydrogen-bond acceptors (Lipinski definition) is 6. The highest BCUT2D eigenvalue weighted by molar-refractivity contribution is 6.02. The van der Waals surface area contributed by atoms with E-state index in [1.807, 2.05) is 6.07 Å². The van der Waals surface area contributed by atoms with E-state index in [4.69, 9.17) is 15.7 Å². The number of anilines is 1. The second kappa shape index (κ2) is 7.67. The van der Waals surface area contributed by atoms with Crippen LogP contribution in [-0.2, 0) is 10.3 Å². The van der Waals surface area contributed by atoms with E-state index < -0.39 is 34.4 Å². The molecule has 0 saturated heterocycles. The number of nitrogens with two attached hydrogens (primary N) is 1. The molecular formula is C21H20F3N5O2. The van der Waals surface area contributed by atoms with Crippen molar-refractivity contribution < 1.29 is 22.7 Å². The summed E-state index contributed by atoms with van der Waals surface area (Å²) in [4.78, 5) is 20.2. The summed E-state index contributed by atoms with van der Waals surface area (Å²) in [5, 5.41) is 11.3. The van der Waals surface area contributed by atoms with Crippen molar-refractivity contribution in [1.29, 1.82) is 5.26 Å². The Morgan fingerprint density at radius 3 is 2.58 bits per heavy atom. The molecule has 0 bridgehead atoms. The summed E-state index contributed by atoms with van der Waals surface area (Å²) in [5.74, 6) is -5.46. The van der Waals surface area contributed by atoms with Gasteiger partial charge in [-0.3, -0.25) is 9.79 Å². The zero-order valence-corrected chi connectivity index (χ0v) is 17.0. The van der Waals surface area contributed by atoms with E-state index in [1.165, 1.54) is 38.2 Å². The second-order valence-corrected chi connectivity index (χ2v) is 7.74. The third-order valence-electron chi connectivity index (χ3n) is 5.19. The number of ether oxygens (including phenoxy) is 1. The average molecular weight is 431 g/mol. The number of carbonyl (C=O) groups is 1. The number of amides is 1. The van der Waals surface area contributed by atoms with Crippen LogP contribution in [-0.4, -0.2) is 34.9 Å². The van der Waals surface area contributed by atoms with Gasteiger partial charge in [-0.1, -0.05) is 0 Å². The molecule has 10 heteroatoms. The summed E-state index contributed by atoms with van der Waals surface area (Å²) in [5.41, 5.74) is 1.20. The number of aliphatic imine (C=N–C) groups is 1. The van der Waals surface area contributed by atoms with Gasteiger partial charge in [-0.25, -0.2) is 18.2 Å². The fourth-order valence-corrected chi connectivity index (χ4v) is 3.32. The molecule has 1 aliphatic heterocycles. The van der Waals surface area contributed by atoms with Crippen molar-refractivity contribution in [3.05, 3.63) is 59.2 Å². The zero-order chi connectivity index (χ0) is 23.0. The Bertz CT molecular complexity index is 1090. The first-order valence-electron chi connectivity index (χ1n) is 9.25. The van der Waals surface area contributed by atoms with Crippen LogP contribution in [0.5, 0.6) is 0 Å². The predicted octanol–water partition coefficient (Wildman–Crippen LogP) is 3.36. The van der Waals surface area contributed by atoms with Gasteiger partial charge in [0.2, 0.25) is 0 Å². The second-order valence-electron chi connectivity index (χ2n) is 7.74. The number of halogens is 3. The molecule has 0 fully saturated rings. The summed E-state index contributed by atoms with van der Waals surface area (Å²) >= 11 is 0. The van der Waals surface area contributed by atoms with Gasteiger partial charge in [0.25, 0.3) is 5.91 Å². The maximum atomic E-state index is 15.5. The number of hydrogen-bond donors (Lipinski definition) is 2. The maximum absolute atomic E-state index is 15.5. The number of carbonyl (C=O) groups excluding carboxylic acids is 1. The van der Waals surface area contributed by atoms with E-state index in [-0.39, 0.29) is 29.4 Å². The molecule has 0 aliphatic carbocycles. The number of alkyl halides is 2. The van der Waals surface area contributed by atoms with Gasteiger partial charge in [-0.05, 0) is 51.1 Å². The Morgan fingerprint density at radius 2 is 1.97 bits per heavy atom. The quantitative estimate of drug-likeness (QED) is 0.774. The molecule has 1 aliphatic rings. The Hall–Kier alpha value is -3.45. The number of nitrogens with one attached hydrogen (secondary N) is 1. The summed E-state index contributed by atoms with van der Waals surface area (Å²) in [6, 6.07) is 7.90. The summed E-state index contributed by atoms with van der Waals surface area (Å²) in [6.07, 6.45) is 1.22. The minimum absolute atomic E-state index is 0.00678. The van der Waals surface area contributed by atoms with Crippen LogP contribution in [0.4, 0.5) is 18.9 Å². The molecular weight excluding hydrogens is 411 g/mol.